The molecule has 0 saturated heterocycles. The van der Waals surface area contributed by atoms with Crippen molar-refractivity contribution in [1.82, 2.24) is 5.32 Å². The molecule has 1 N–H and O–H groups in total. The fraction of sp³-hybridized carbons (Fsp3) is 0.538. The number of nitrogens with one attached hydrogen (secondary N) is 1. The van der Waals surface area contributed by atoms with Crippen LogP contribution < -0.4 is 5.32 Å². The summed E-state index contributed by atoms with van der Waals surface area (Å²) in [6.07, 6.45) is 15.6. The molecule has 1 heteroatoms. The van der Waals surface area contributed by atoms with Gasteiger partial charge >= 0.3 is 0 Å². The molecule has 2 aliphatic carbocycles. The highest BCUT2D eigenvalue weighted by Gasteiger charge is 2.34. The van der Waals surface area contributed by atoms with E-state index < -0.39 is 0 Å². The smallest absolute Gasteiger partial charge is 0.0341 e. The van der Waals surface area contributed by atoms with Crippen LogP contribution in [0.4, 0.5) is 0 Å². The summed E-state index contributed by atoms with van der Waals surface area (Å²) in [5, 5.41) is 3.69. The van der Waals surface area contributed by atoms with Crippen LogP contribution in [0.5, 0.6) is 0 Å². The van der Waals surface area contributed by atoms with Gasteiger partial charge in [-0.15, -0.1) is 0 Å². The Bertz CT molecular complexity index is 322. The Labute approximate surface area is 85.6 Å². The van der Waals surface area contributed by atoms with Gasteiger partial charge in [-0.3, -0.25) is 0 Å². The fourth-order valence-electron chi connectivity index (χ4n) is 3.05. The largest absolute Gasteiger partial charge is 0.382 e. The zero-order valence-electron chi connectivity index (χ0n) is 8.50. The van der Waals surface area contributed by atoms with Crippen LogP contribution in [-0.2, 0) is 0 Å². The molecule has 0 aromatic rings. The first-order valence-corrected chi connectivity index (χ1v) is 5.78. The molecule has 74 valence electrons. The molecule has 3 rings (SSSR count). The lowest BCUT2D eigenvalue weighted by molar-refractivity contribution is 0.338. The monoisotopic (exact) mass is 187 g/mol. The van der Waals surface area contributed by atoms with Gasteiger partial charge in [-0.2, -0.15) is 0 Å². The molecule has 14 heavy (non-hydrogen) atoms. The number of hydrogen-bond acceptors (Lipinski definition) is 1. The zero-order valence-corrected chi connectivity index (χ0v) is 8.50. The summed E-state index contributed by atoms with van der Waals surface area (Å²) in [6.45, 7) is 0. The van der Waals surface area contributed by atoms with E-state index in [1.54, 1.807) is 5.57 Å². The molecule has 0 spiro atoms. The number of allylic oxidation sites excluding steroid dienone is 4. The molecule has 2 atom stereocenters. The Morgan fingerprint density at radius 1 is 1.14 bits per heavy atom. The fourth-order valence-corrected chi connectivity index (χ4v) is 3.05. The minimum atomic E-state index is 0.755. The molecule has 1 heterocycles. The minimum Gasteiger partial charge on any atom is -0.382 e. The average molecular weight is 187 g/mol. The lowest BCUT2D eigenvalue weighted by atomic mass is 9.81. The molecule has 1 nitrogen and oxygen atoms in total. The van der Waals surface area contributed by atoms with E-state index in [1.807, 2.05) is 0 Å². The number of rotatable bonds is 0. The Hall–Kier alpha value is -0.980. The molecule has 0 radical (unpaired) electrons. The molecular formula is C13H17N. The van der Waals surface area contributed by atoms with Gasteiger partial charge in [0.05, 0.1) is 0 Å². The van der Waals surface area contributed by atoms with Crippen molar-refractivity contribution in [1.29, 1.82) is 0 Å². The average Bonchev–Trinajstić information content (AvgIpc) is 2.42. The second-order valence-electron chi connectivity index (χ2n) is 4.57. The summed E-state index contributed by atoms with van der Waals surface area (Å²) in [7, 11) is 0. The topological polar surface area (TPSA) is 12.0 Å². The van der Waals surface area contributed by atoms with Crippen molar-refractivity contribution >= 4 is 0 Å². The standard InChI is InChI=1S/C13H17N/c1-2-6-10-11-7-4-5-9-13(11)14-12(10)8-3-1/h1-3,8,11,13-14H,4-7,9H2. The van der Waals surface area contributed by atoms with E-state index >= 15 is 0 Å². The third kappa shape index (κ3) is 1.23. The van der Waals surface area contributed by atoms with E-state index in [1.165, 1.54) is 31.4 Å². The highest BCUT2D eigenvalue weighted by molar-refractivity contribution is 5.38. The molecule has 0 bridgehead atoms. The van der Waals surface area contributed by atoms with E-state index in [9.17, 15) is 0 Å². The maximum Gasteiger partial charge on any atom is 0.0341 e. The predicted octanol–water partition coefficient (Wildman–Crippen LogP) is 2.92. The van der Waals surface area contributed by atoms with Gasteiger partial charge in [0.15, 0.2) is 0 Å². The maximum absolute atomic E-state index is 3.69. The molecular weight excluding hydrogens is 170 g/mol. The zero-order chi connectivity index (χ0) is 9.38. The van der Waals surface area contributed by atoms with Crippen molar-refractivity contribution < 1.29 is 0 Å². The summed E-state index contributed by atoms with van der Waals surface area (Å²) >= 11 is 0. The van der Waals surface area contributed by atoms with E-state index in [0.29, 0.717) is 0 Å². The number of fused-ring (bicyclic) bond motifs is 2. The van der Waals surface area contributed by atoms with E-state index in [2.05, 4.69) is 29.6 Å². The second-order valence-corrected chi connectivity index (χ2v) is 4.57. The van der Waals surface area contributed by atoms with Crippen LogP contribution in [-0.4, -0.2) is 6.04 Å². The van der Waals surface area contributed by atoms with Crippen LogP contribution >= 0.6 is 0 Å². The van der Waals surface area contributed by atoms with E-state index in [0.717, 1.165) is 18.4 Å². The van der Waals surface area contributed by atoms with Crippen molar-refractivity contribution in [3.63, 3.8) is 0 Å². The van der Waals surface area contributed by atoms with Crippen LogP contribution in [0.3, 0.4) is 0 Å². The molecule has 1 saturated carbocycles. The summed E-state index contributed by atoms with van der Waals surface area (Å²) in [4.78, 5) is 0. The summed E-state index contributed by atoms with van der Waals surface area (Å²) < 4.78 is 0. The second kappa shape index (κ2) is 3.30. The predicted molar refractivity (Wildman–Crippen MR) is 58.8 cm³/mol. The molecule has 0 aromatic heterocycles. The lowest BCUT2D eigenvalue weighted by Gasteiger charge is -2.27. The van der Waals surface area contributed by atoms with Crippen LogP contribution in [0, 0.1) is 5.92 Å². The molecule has 2 unspecified atom stereocenters. The Morgan fingerprint density at radius 3 is 3.07 bits per heavy atom. The quantitative estimate of drug-likeness (QED) is 0.615. The summed E-state index contributed by atoms with van der Waals surface area (Å²) in [5.74, 6) is 0.839. The van der Waals surface area contributed by atoms with E-state index in [4.69, 9.17) is 0 Å². The van der Waals surface area contributed by atoms with Gasteiger partial charge in [0, 0.05) is 17.7 Å². The molecule has 1 aliphatic heterocycles. The third-order valence-electron chi connectivity index (χ3n) is 3.75. The van der Waals surface area contributed by atoms with Crippen molar-refractivity contribution in [3.05, 3.63) is 35.6 Å². The first-order valence-electron chi connectivity index (χ1n) is 5.78. The molecule has 3 aliphatic rings. The van der Waals surface area contributed by atoms with Gasteiger partial charge in [0.1, 0.15) is 0 Å². The highest BCUT2D eigenvalue weighted by Crippen LogP contribution is 2.39. The lowest BCUT2D eigenvalue weighted by Crippen LogP contribution is -2.31. The Morgan fingerprint density at radius 2 is 2.07 bits per heavy atom. The maximum atomic E-state index is 3.69. The highest BCUT2D eigenvalue weighted by atomic mass is 15.0. The van der Waals surface area contributed by atoms with Crippen LogP contribution in [0.15, 0.2) is 35.6 Å². The Balaban J connectivity index is 1.91. The van der Waals surface area contributed by atoms with Crippen molar-refractivity contribution in [2.24, 2.45) is 5.92 Å². The summed E-state index contributed by atoms with van der Waals surface area (Å²) in [5.41, 5.74) is 3.09. The first kappa shape index (κ1) is 8.34. The minimum absolute atomic E-state index is 0.755. The van der Waals surface area contributed by atoms with Gasteiger partial charge < -0.3 is 5.32 Å². The molecule has 0 aromatic carbocycles. The first-order chi connectivity index (χ1) is 6.95. The van der Waals surface area contributed by atoms with Crippen molar-refractivity contribution in [2.45, 2.75) is 38.1 Å². The molecule has 1 fully saturated rings. The van der Waals surface area contributed by atoms with Crippen molar-refractivity contribution in [3.8, 4) is 0 Å². The van der Waals surface area contributed by atoms with Crippen LogP contribution in [0.2, 0.25) is 0 Å². The van der Waals surface area contributed by atoms with Gasteiger partial charge in [-0.05, 0) is 30.9 Å². The Kier molecular flexibility index (Phi) is 1.97. The SMILES string of the molecule is C1=CCC2=C(C=C1)NC1CCCCC21. The van der Waals surface area contributed by atoms with Gasteiger partial charge in [0.2, 0.25) is 0 Å². The third-order valence-corrected chi connectivity index (χ3v) is 3.75. The van der Waals surface area contributed by atoms with Crippen LogP contribution in [0.25, 0.3) is 0 Å². The van der Waals surface area contributed by atoms with Crippen LogP contribution in [0.1, 0.15) is 32.1 Å². The van der Waals surface area contributed by atoms with E-state index in [-0.39, 0.29) is 0 Å². The molecule has 0 amide bonds. The normalized spacial score (nSPS) is 34.9. The van der Waals surface area contributed by atoms with Gasteiger partial charge in [-0.1, -0.05) is 31.1 Å². The van der Waals surface area contributed by atoms with Gasteiger partial charge in [0.25, 0.3) is 0 Å². The van der Waals surface area contributed by atoms with Crippen molar-refractivity contribution in [2.75, 3.05) is 0 Å². The number of hydrogen-bond donors (Lipinski definition) is 1. The van der Waals surface area contributed by atoms with Gasteiger partial charge in [-0.25, -0.2) is 0 Å². The summed E-state index contributed by atoms with van der Waals surface area (Å²) in [6, 6.07) is 0.755.